The number of aromatic amines is 3. The van der Waals surface area contributed by atoms with Crippen LogP contribution in [0.2, 0.25) is 0 Å². The Morgan fingerprint density at radius 3 is 2.23 bits per heavy atom. The number of nitrogens with zero attached hydrogens (tertiary/aromatic N) is 1. The van der Waals surface area contributed by atoms with Gasteiger partial charge in [0, 0.05) is 17.3 Å². The lowest BCUT2D eigenvalue weighted by atomic mass is 10.2. The van der Waals surface area contributed by atoms with Crippen LogP contribution >= 0.6 is 11.8 Å². The van der Waals surface area contributed by atoms with Gasteiger partial charge in [0.1, 0.15) is 0 Å². The lowest BCUT2D eigenvalue weighted by Crippen LogP contribution is -2.29. The molecule has 0 aliphatic rings. The summed E-state index contributed by atoms with van der Waals surface area (Å²) >= 11 is 0.772. The SMILES string of the molecule is O=c1[nH]c2cc(Sc3ncc[nH]3)c(C(F)(F)F)cc2[nH]c1=O. The maximum absolute atomic E-state index is 13.2. The van der Waals surface area contributed by atoms with Crippen LogP contribution < -0.4 is 11.1 Å². The van der Waals surface area contributed by atoms with E-state index in [2.05, 4.69) is 19.9 Å². The standard InChI is InChI=1S/C12H7F3N4O2S/c13-12(14,15)5-3-6-7(19-10(21)9(20)18-6)4-8(5)22-11-16-1-2-17-11/h1-4H,(H,16,17)(H,18,20)(H,19,21). The molecule has 10 heteroatoms. The number of aromatic nitrogens is 4. The van der Waals surface area contributed by atoms with Gasteiger partial charge in [-0.2, -0.15) is 13.2 Å². The van der Waals surface area contributed by atoms with Crippen LogP contribution in [0, 0.1) is 0 Å². The molecule has 114 valence electrons. The fourth-order valence-corrected chi connectivity index (χ4v) is 2.77. The molecule has 0 bridgehead atoms. The van der Waals surface area contributed by atoms with E-state index in [0.29, 0.717) is 0 Å². The van der Waals surface area contributed by atoms with Gasteiger partial charge in [0.15, 0.2) is 5.16 Å². The van der Waals surface area contributed by atoms with Crippen molar-refractivity contribution in [3.8, 4) is 0 Å². The number of fused-ring (bicyclic) bond motifs is 1. The molecule has 0 unspecified atom stereocenters. The summed E-state index contributed by atoms with van der Waals surface area (Å²) in [6, 6.07) is 1.95. The van der Waals surface area contributed by atoms with Gasteiger partial charge in [-0.15, -0.1) is 0 Å². The van der Waals surface area contributed by atoms with Crippen LogP contribution in [0.15, 0.2) is 44.2 Å². The Bertz CT molecular complexity index is 944. The van der Waals surface area contributed by atoms with Gasteiger partial charge in [0.05, 0.1) is 16.6 Å². The van der Waals surface area contributed by atoms with Crippen molar-refractivity contribution in [2.75, 3.05) is 0 Å². The van der Waals surface area contributed by atoms with Crippen LogP contribution in [0.5, 0.6) is 0 Å². The van der Waals surface area contributed by atoms with E-state index >= 15 is 0 Å². The third-order valence-corrected chi connectivity index (χ3v) is 3.78. The van der Waals surface area contributed by atoms with Crippen molar-refractivity contribution in [3.63, 3.8) is 0 Å². The number of alkyl halides is 3. The second-order valence-corrected chi connectivity index (χ2v) is 5.33. The highest BCUT2D eigenvalue weighted by atomic mass is 32.2. The molecule has 0 aliphatic heterocycles. The highest BCUT2D eigenvalue weighted by Crippen LogP contribution is 2.39. The average molecular weight is 328 g/mol. The minimum absolute atomic E-state index is 0.0966. The zero-order valence-electron chi connectivity index (χ0n) is 10.6. The van der Waals surface area contributed by atoms with Crippen LogP contribution in [0.25, 0.3) is 11.0 Å². The second kappa shape index (κ2) is 5.05. The van der Waals surface area contributed by atoms with E-state index in [9.17, 15) is 22.8 Å². The molecule has 22 heavy (non-hydrogen) atoms. The van der Waals surface area contributed by atoms with Crippen LogP contribution in [0.4, 0.5) is 13.2 Å². The first-order chi connectivity index (χ1) is 10.3. The first kappa shape index (κ1) is 14.4. The minimum Gasteiger partial charge on any atom is -0.339 e. The summed E-state index contributed by atoms with van der Waals surface area (Å²) in [6.45, 7) is 0. The van der Waals surface area contributed by atoms with Crippen molar-refractivity contribution in [1.82, 2.24) is 19.9 Å². The van der Waals surface area contributed by atoms with Crippen molar-refractivity contribution in [1.29, 1.82) is 0 Å². The maximum Gasteiger partial charge on any atom is 0.417 e. The highest BCUT2D eigenvalue weighted by Gasteiger charge is 2.34. The van der Waals surface area contributed by atoms with Crippen molar-refractivity contribution < 1.29 is 13.2 Å². The normalized spacial score (nSPS) is 12.0. The quantitative estimate of drug-likeness (QED) is 0.628. The smallest absolute Gasteiger partial charge is 0.339 e. The summed E-state index contributed by atoms with van der Waals surface area (Å²) in [5, 5.41) is 0.275. The molecule has 0 saturated carbocycles. The van der Waals surface area contributed by atoms with Crippen LogP contribution in [0.1, 0.15) is 5.56 Å². The number of nitrogens with one attached hydrogen (secondary N) is 3. The first-order valence-corrected chi connectivity index (χ1v) is 6.71. The molecule has 0 atom stereocenters. The van der Waals surface area contributed by atoms with Gasteiger partial charge < -0.3 is 15.0 Å². The van der Waals surface area contributed by atoms with E-state index in [0.717, 1.165) is 23.9 Å². The zero-order valence-corrected chi connectivity index (χ0v) is 11.4. The van der Waals surface area contributed by atoms with Gasteiger partial charge in [-0.3, -0.25) is 9.59 Å². The van der Waals surface area contributed by atoms with Gasteiger partial charge >= 0.3 is 17.3 Å². The monoisotopic (exact) mass is 328 g/mol. The lowest BCUT2D eigenvalue weighted by Gasteiger charge is -2.12. The molecular formula is C12H7F3N4O2S. The Balaban J connectivity index is 2.25. The molecule has 0 radical (unpaired) electrons. The number of imidazole rings is 1. The minimum atomic E-state index is -4.61. The lowest BCUT2D eigenvalue weighted by molar-refractivity contribution is -0.139. The van der Waals surface area contributed by atoms with Crippen LogP contribution in [-0.2, 0) is 6.18 Å². The number of benzene rings is 1. The summed E-state index contributed by atoms with van der Waals surface area (Å²) in [5.41, 5.74) is -2.86. The van der Waals surface area contributed by atoms with Crippen molar-refractivity contribution in [2.45, 2.75) is 16.2 Å². The predicted octanol–water partition coefficient (Wildman–Crippen LogP) is 2.11. The van der Waals surface area contributed by atoms with Crippen LogP contribution in [-0.4, -0.2) is 19.9 Å². The van der Waals surface area contributed by atoms with Gasteiger partial charge in [-0.1, -0.05) is 11.8 Å². The topological polar surface area (TPSA) is 94.4 Å². The number of halogens is 3. The summed E-state index contributed by atoms with van der Waals surface area (Å²) in [4.78, 5) is 33.3. The molecule has 0 aliphatic carbocycles. The number of H-pyrrole nitrogens is 3. The molecular weight excluding hydrogens is 321 g/mol. The Morgan fingerprint density at radius 1 is 1.05 bits per heavy atom. The van der Waals surface area contributed by atoms with Gasteiger partial charge in [-0.25, -0.2) is 4.98 Å². The zero-order chi connectivity index (χ0) is 15.9. The number of hydrogen-bond acceptors (Lipinski definition) is 4. The maximum atomic E-state index is 13.2. The Morgan fingerprint density at radius 2 is 1.68 bits per heavy atom. The van der Waals surface area contributed by atoms with E-state index in [-0.39, 0.29) is 21.1 Å². The van der Waals surface area contributed by atoms with E-state index in [1.54, 1.807) is 0 Å². The second-order valence-electron chi connectivity index (χ2n) is 4.30. The number of rotatable bonds is 2. The van der Waals surface area contributed by atoms with Gasteiger partial charge in [-0.05, 0) is 12.1 Å². The molecule has 0 spiro atoms. The summed E-state index contributed by atoms with van der Waals surface area (Å²) < 4.78 is 39.5. The third kappa shape index (κ3) is 2.64. The third-order valence-electron chi connectivity index (χ3n) is 2.81. The molecule has 2 aromatic heterocycles. The van der Waals surface area contributed by atoms with E-state index < -0.39 is 22.9 Å². The molecule has 3 N–H and O–H groups in total. The summed E-state index contributed by atoms with van der Waals surface area (Å²) in [6.07, 6.45) is -1.72. The highest BCUT2D eigenvalue weighted by molar-refractivity contribution is 7.99. The summed E-state index contributed by atoms with van der Waals surface area (Å²) in [5.74, 6) is 0. The van der Waals surface area contributed by atoms with Gasteiger partial charge in [0.2, 0.25) is 0 Å². The molecule has 3 rings (SSSR count). The Hall–Kier alpha value is -2.49. The molecule has 0 saturated heterocycles. The molecule has 0 fully saturated rings. The fraction of sp³-hybridized carbons (Fsp3) is 0.0833. The molecule has 2 heterocycles. The number of hydrogen-bond donors (Lipinski definition) is 3. The van der Waals surface area contributed by atoms with E-state index in [1.807, 2.05) is 0 Å². The first-order valence-electron chi connectivity index (χ1n) is 5.89. The largest absolute Gasteiger partial charge is 0.417 e. The van der Waals surface area contributed by atoms with Crippen molar-refractivity contribution in [3.05, 3.63) is 50.8 Å². The van der Waals surface area contributed by atoms with Crippen molar-refractivity contribution >= 4 is 22.8 Å². The summed E-state index contributed by atoms with van der Waals surface area (Å²) in [7, 11) is 0. The Kier molecular flexibility index (Phi) is 3.32. The van der Waals surface area contributed by atoms with Crippen molar-refractivity contribution in [2.24, 2.45) is 0 Å². The van der Waals surface area contributed by atoms with Gasteiger partial charge in [0.25, 0.3) is 0 Å². The molecule has 3 aromatic rings. The van der Waals surface area contributed by atoms with E-state index in [4.69, 9.17) is 0 Å². The predicted molar refractivity (Wildman–Crippen MR) is 72.9 cm³/mol. The Labute approximate surface area is 123 Å². The molecule has 6 nitrogen and oxygen atoms in total. The fourth-order valence-electron chi connectivity index (χ4n) is 1.86. The molecule has 1 aromatic carbocycles. The van der Waals surface area contributed by atoms with E-state index in [1.165, 1.54) is 12.4 Å². The molecule has 0 amide bonds. The van der Waals surface area contributed by atoms with Crippen LogP contribution in [0.3, 0.4) is 0 Å². The average Bonchev–Trinajstić information content (AvgIpc) is 2.91.